The first-order valence-corrected chi connectivity index (χ1v) is 11.1. The van der Waals surface area contributed by atoms with Gasteiger partial charge in [0.05, 0.1) is 23.6 Å². The zero-order chi connectivity index (χ0) is 23.4. The van der Waals surface area contributed by atoms with Crippen molar-refractivity contribution in [3.63, 3.8) is 0 Å². The number of carbonyl (C=O) groups excluding carboxylic acids is 2. The number of nitrogens with one attached hydrogen (secondary N) is 1. The zero-order valence-corrected chi connectivity index (χ0v) is 18.6. The number of thiophene rings is 1. The van der Waals surface area contributed by atoms with E-state index in [1.165, 1.54) is 28.4 Å². The summed E-state index contributed by atoms with van der Waals surface area (Å²) in [5.41, 5.74) is 0.316. The molecule has 1 N–H and O–H groups in total. The lowest BCUT2D eigenvalue weighted by atomic mass is 10.2. The Bertz CT molecular complexity index is 1420. The summed E-state index contributed by atoms with van der Waals surface area (Å²) < 4.78 is 7.15. The van der Waals surface area contributed by atoms with E-state index in [4.69, 9.17) is 0 Å². The lowest BCUT2D eigenvalue weighted by Gasteiger charge is -2.14. The minimum Gasteiger partial charge on any atom is -0.465 e. The van der Waals surface area contributed by atoms with Gasteiger partial charge in [-0.25, -0.2) is 9.59 Å². The summed E-state index contributed by atoms with van der Waals surface area (Å²) >= 11 is 1.56. The predicted octanol–water partition coefficient (Wildman–Crippen LogP) is 2.89. The first kappa shape index (κ1) is 22.2. The fourth-order valence-electron chi connectivity index (χ4n) is 3.55. The Morgan fingerprint density at radius 3 is 2.42 bits per heavy atom. The van der Waals surface area contributed by atoms with E-state index < -0.39 is 17.6 Å². The number of aromatic nitrogens is 2. The Hall–Kier alpha value is -3.98. The van der Waals surface area contributed by atoms with Crippen LogP contribution >= 0.6 is 11.3 Å². The predicted molar refractivity (Wildman–Crippen MR) is 127 cm³/mol. The molecule has 4 rings (SSSR count). The maximum absolute atomic E-state index is 13.2. The quantitative estimate of drug-likeness (QED) is 0.425. The van der Waals surface area contributed by atoms with Crippen LogP contribution in [-0.4, -0.2) is 28.1 Å². The molecule has 0 saturated carbocycles. The molecule has 2 aromatic carbocycles. The maximum Gasteiger partial charge on any atom is 0.337 e. The van der Waals surface area contributed by atoms with Gasteiger partial charge in [-0.05, 0) is 54.3 Å². The van der Waals surface area contributed by atoms with Crippen molar-refractivity contribution < 1.29 is 14.3 Å². The van der Waals surface area contributed by atoms with Crippen molar-refractivity contribution in [3.8, 4) is 0 Å². The highest BCUT2D eigenvalue weighted by Crippen LogP contribution is 2.13. The number of amides is 1. The third-order valence-corrected chi connectivity index (χ3v) is 6.12. The Balaban J connectivity index is 1.62. The van der Waals surface area contributed by atoms with Gasteiger partial charge in [0.25, 0.3) is 5.56 Å². The Labute approximate surface area is 192 Å². The molecule has 168 valence electrons. The van der Waals surface area contributed by atoms with Gasteiger partial charge in [0, 0.05) is 17.1 Å². The number of hydrogen-bond donors (Lipinski definition) is 1. The highest BCUT2D eigenvalue weighted by Gasteiger charge is 2.16. The van der Waals surface area contributed by atoms with Gasteiger partial charge in [-0.3, -0.25) is 18.7 Å². The monoisotopic (exact) mass is 463 g/mol. The van der Waals surface area contributed by atoms with Crippen LogP contribution in [-0.2, 0) is 29.0 Å². The van der Waals surface area contributed by atoms with E-state index >= 15 is 0 Å². The summed E-state index contributed by atoms with van der Waals surface area (Å²) in [6.45, 7) is -0.0446. The molecule has 0 radical (unpaired) electrons. The van der Waals surface area contributed by atoms with Gasteiger partial charge in [-0.15, -0.1) is 11.3 Å². The van der Waals surface area contributed by atoms with E-state index in [2.05, 4.69) is 10.1 Å². The fourth-order valence-corrected chi connectivity index (χ4v) is 4.25. The molecule has 33 heavy (non-hydrogen) atoms. The van der Waals surface area contributed by atoms with Crippen molar-refractivity contribution in [2.75, 3.05) is 12.4 Å². The maximum atomic E-state index is 13.2. The minimum atomic E-state index is -0.536. The zero-order valence-electron chi connectivity index (χ0n) is 17.8. The van der Waals surface area contributed by atoms with E-state index in [1.807, 2.05) is 17.5 Å². The molecule has 0 aliphatic heterocycles. The van der Waals surface area contributed by atoms with Crippen molar-refractivity contribution in [2.45, 2.75) is 19.5 Å². The number of fused-ring (bicyclic) bond motifs is 1. The molecule has 0 aliphatic carbocycles. The molecule has 0 fully saturated rings. The van der Waals surface area contributed by atoms with Gasteiger partial charge in [-0.1, -0.05) is 18.2 Å². The lowest BCUT2D eigenvalue weighted by Crippen LogP contribution is -2.42. The van der Waals surface area contributed by atoms with E-state index in [1.54, 1.807) is 47.7 Å². The molecule has 8 nitrogen and oxygen atoms in total. The van der Waals surface area contributed by atoms with Crippen molar-refractivity contribution in [1.29, 1.82) is 0 Å². The third kappa shape index (κ3) is 4.78. The molecule has 0 aliphatic rings. The van der Waals surface area contributed by atoms with Crippen LogP contribution in [0.2, 0.25) is 0 Å². The molecular formula is C24H21N3O5S. The SMILES string of the molecule is COC(=O)c1ccc(NC(=O)Cn2c(=O)n(CCc3cccs3)c(=O)c3ccccc32)cc1. The normalized spacial score (nSPS) is 10.8. The van der Waals surface area contributed by atoms with E-state index in [9.17, 15) is 19.2 Å². The molecule has 0 bridgehead atoms. The number of aryl methyl sites for hydroxylation is 1. The first-order valence-electron chi connectivity index (χ1n) is 10.2. The molecule has 0 atom stereocenters. The fraction of sp³-hybridized carbons (Fsp3) is 0.167. The molecule has 0 spiro atoms. The van der Waals surface area contributed by atoms with Crippen molar-refractivity contribution in [3.05, 3.63) is 97.3 Å². The van der Waals surface area contributed by atoms with Gasteiger partial charge in [0.1, 0.15) is 6.54 Å². The van der Waals surface area contributed by atoms with Crippen molar-refractivity contribution in [1.82, 2.24) is 9.13 Å². The largest absolute Gasteiger partial charge is 0.465 e. The molecule has 2 heterocycles. The van der Waals surface area contributed by atoms with Crippen LogP contribution in [0.1, 0.15) is 15.2 Å². The second-order valence-electron chi connectivity index (χ2n) is 7.29. The summed E-state index contributed by atoms with van der Waals surface area (Å²) in [6.07, 6.45) is 0.546. The number of benzene rings is 2. The van der Waals surface area contributed by atoms with Gasteiger partial charge in [0.2, 0.25) is 5.91 Å². The molecule has 4 aromatic rings. The summed E-state index contributed by atoms with van der Waals surface area (Å²) in [5.74, 6) is -0.910. The first-order chi connectivity index (χ1) is 16.0. The summed E-state index contributed by atoms with van der Waals surface area (Å²) in [7, 11) is 1.29. The van der Waals surface area contributed by atoms with Crippen LogP contribution in [0, 0.1) is 0 Å². The number of anilines is 1. The molecule has 0 unspecified atom stereocenters. The average molecular weight is 464 g/mol. The topological polar surface area (TPSA) is 99.4 Å². The van der Waals surface area contributed by atoms with Crippen LogP contribution in [0.3, 0.4) is 0 Å². The number of esters is 1. The van der Waals surface area contributed by atoms with Crippen molar-refractivity contribution in [2.24, 2.45) is 0 Å². The number of ether oxygens (including phenoxy) is 1. The number of para-hydroxylation sites is 1. The number of hydrogen-bond acceptors (Lipinski definition) is 6. The summed E-state index contributed by atoms with van der Waals surface area (Å²) in [4.78, 5) is 51.5. The third-order valence-electron chi connectivity index (χ3n) is 5.19. The Kier molecular flexibility index (Phi) is 6.50. The number of nitrogens with zero attached hydrogens (tertiary/aromatic N) is 2. The number of carbonyl (C=O) groups is 2. The Morgan fingerprint density at radius 1 is 0.970 bits per heavy atom. The molecule has 2 aromatic heterocycles. The Morgan fingerprint density at radius 2 is 1.73 bits per heavy atom. The van der Waals surface area contributed by atoms with E-state index in [0.717, 1.165) is 4.88 Å². The molecular weight excluding hydrogens is 442 g/mol. The second kappa shape index (κ2) is 9.66. The number of methoxy groups -OCH3 is 1. The summed E-state index contributed by atoms with van der Waals surface area (Å²) in [5, 5.41) is 5.04. The number of rotatable bonds is 7. The summed E-state index contributed by atoms with van der Waals surface area (Å²) in [6, 6.07) is 16.8. The standard InChI is InChI=1S/C24H21N3O5S/c1-32-23(30)16-8-10-17(11-9-16)25-21(28)15-27-20-7-3-2-6-19(20)22(29)26(24(27)31)13-12-18-5-4-14-33-18/h2-11,14H,12-13,15H2,1H3,(H,25,28). The van der Waals surface area contributed by atoms with E-state index in [-0.39, 0.29) is 18.6 Å². The highest BCUT2D eigenvalue weighted by molar-refractivity contribution is 7.09. The highest BCUT2D eigenvalue weighted by atomic mass is 32.1. The van der Waals surface area contributed by atoms with Gasteiger partial charge < -0.3 is 10.1 Å². The molecule has 9 heteroatoms. The van der Waals surface area contributed by atoms with Crippen LogP contribution in [0.25, 0.3) is 10.9 Å². The molecule has 0 saturated heterocycles. The average Bonchev–Trinajstić information content (AvgIpc) is 3.35. The van der Waals surface area contributed by atoms with Gasteiger partial charge >= 0.3 is 11.7 Å². The second-order valence-corrected chi connectivity index (χ2v) is 8.32. The molecule has 1 amide bonds. The minimum absolute atomic E-state index is 0.222. The van der Waals surface area contributed by atoms with Gasteiger partial charge in [-0.2, -0.15) is 0 Å². The smallest absolute Gasteiger partial charge is 0.337 e. The van der Waals surface area contributed by atoms with E-state index in [0.29, 0.717) is 28.6 Å². The van der Waals surface area contributed by atoms with Crippen LogP contribution in [0.15, 0.2) is 75.6 Å². The lowest BCUT2D eigenvalue weighted by molar-refractivity contribution is -0.116. The van der Waals surface area contributed by atoms with Gasteiger partial charge in [0.15, 0.2) is 0 Å². The van der Waals surface area contributed by atoms with Crippen molar-refractivity contribution >= 4 is 39.8 Å². The van der Waals surface area contributed by atoms with Crippen LogP contribution in [0.4, 0.5) is 5.69 Å². The van der Waals surface area contributed by atoms with Crippen LogP contribution < -0.4 is 16.6 Å². The van der Waals surface area contributed by atoms with Crippen LogP contribution in [0.5, 0.6) is 0 Å².